The number of hydrogen-bond donors (Lipinski definition) is 1. The number of carbonyl (C=O) groups excluding carboxylic acids is 2. The Morgan fingerprint density at radius 1 is 0.962 bits per heavy atom. The summed E-state index contributed by atoms with van der Waals surface area (Å²) in [5.41, 5.74) is 0.968. The summed E-state index contributed by atoms with van der Waals surface area (Å²) in [4.78, 5) is 36.6. The van der Waals surface area contributed by atoms with Gasteiger partial charge in [-0.25, -0.2) is 9.97 Å². The van der Waals surface area contributed by atoms with Crippen molar-refractivity contribution < 1.29 is 9.59 Å². The van der Waals surface area contributed by atoms with E-state index in [2.05, 4.69) is 20.2 Å². The van der Waals surface area contributed by atoms with Gasteiger partial charge in [0.25, 0.3) is 0 Å². The van der Waals surface area contributed by atoms with Crippen molar-refractivity contribution in [2.24, 2.45) is 0 Å². The highest BCUT2D eigenvalue weighted by atomic mass is 16.2. The fourth-order valence-corrected chi connectivity index (χ4v) is 2.92. The molecule has 1 aromatic heterocycles. The number of nitrogens with zero attached hydrogens (tertiary/aromatic N) is 4. The third-order valence-electron chi connectivity index (χ3n) is 4.34. The van der Waals surface area contributed by atoms with Gasteiger partial charge < -0.3 is 15.1 Å². The molecule has 1 fully saturated rings. The average Bonchev–Trinajstić information content (AvgIpc) is 2.69. The topological polar surface area (TPSA) is 78.4 Å². The third kappa shape index (κ3) is 5.02. The van der Waals surface area contributed by atoms with Gasteiger partial charge in [0.05, 0.1) is 6.42 Å². The predicted octanol–water partition coefficient (Wildman–Crippen LogP) is 0.874. The van der Waals surface area contributed by atoms with E-state index in [0.29, 0.717) is 38.4 Å². The van der Waals surface area contributed by atoms with Gasteiger partial charge >= 0.3 is 0 Å². The first kappa shape index (κ1) is 17.8. The summed E-state index contributed by atoms with van der Waals surface area (Å²) in [6, 6.07) is 11.4. The Bertz CT molecular complexity index is 715. The molecule has 0 aliphatic carbocycles. The number of hydrogen-bond acceptors (Lipinski definition) is 5. The number of anilines is 1. The molecule has 0 unspecified atom stereocenters. The molecule has 1 aliphatic rings. The van der Waals surface area contributed by atoms with Crippen LogP contribution >= 0.6 is 0 Å². The van der Waals surface area contributed by atoms with Crippen LogP contribution in [0.3, 0.4) is 0 Å². The number of piperazine rings is 1. The predicted molar refractivity (Wildman–Crippen MR) is 98.6 cm³/mol. The summed E-state index contributed by atoms with van der Waals surface area (Å²) in [7, 11) is 0. The van der Waals surface area contributed by atoms with Crippen molar-refractivity contribution in [3.05, 3.63) is 54.4 Å². The van der Waals surface area contributed by atoms with E-state index in [1.807, 2.05) is 35.2 Å². The van der Waals surface area contributed by atoms with E-state index in [4.69, 9.17) is 0 Å². The molecule has 1 N–H and O–H groups in total. The smallest absolute Gasteiger partial charge is 0.225 e. The third-order valence-corrected chi connectivity index (χ3v) is 4.34. The Kier molecular flexibility index (Phi) is 6.14. The van der Waals surface area contributed by atoms with Crippen LogP contribution in [0.1, 0.15) is 12.0 Å². The summed E-state index contributed by atoms with van der Waals surface area (Å²) in [6.45, 7) is 3.10. The molecule has 7 heteroatoms. The number of benzene rings is 1. The van der Waals surface area contributed by atoms with E-state index in [-0.39, 0.29) is 11.8 Å². The molecule has 2 amide bonds. The van der Waals surface area contributed by atoms with Gasteiger partial charge in [0, 0.05) is 51.5 Å². The van der Waals surface area contributed by atoms with Crippen LogP contribution in [0.5, 0.6) is 0 Å². The zero-order valence-corrected chi connectivity index (χ0v) is 14.7. The Hall–Kier alpha value is -2.96. The summed E-state index contributed by atoms with van der Waals surface area (Å²) in [6.07, 6.45) is 4.10. The van der Waals surface area contributed by atoms with Gasteiger partial charge in [-0.1, -0.05) is 30.3 Å². The van der Waals surface area contributed by atoms with E-state index in [0.717, 1.165) is 18.7 Å². The largest absolute Gasteiger partial charge is 0.355 e. The van der Waals surface area contributed by atoms with Crippen molar-refractivity contribution >= 4 is 17.8 Å². The van der Waals surface area contributed by atoms with Crippen LogP contribution in [0.25, 0.3) is 0 Å². The van der Waals surface area contributed by atoms with Crippen LogP contribution in [-0.4, -0.2) is 59.4 Å². The molecular weight excluding hydrogens is 330 g/mol. The van der Waals surface area contributed by atoms with Crippen LogP contribution in [-0.2, 0) is 16.0 Å². The Morgan fingerprint density at radius 2 is 1.65 bits per heavy atom. The first-order valence-corrected chi connectivity index (χ1v) is 8.83. The molecule has 26 heavy (non-hydrogen) atoms. The zero-order valence-electron chi connectivity index (χ0n) is 14.7. The Balaban J connectivity index is 1.36. The lowest BCUT2D eigenvalue weighted by atomic mass is 10.1. The van der Waals surface area contributed by atoms with Gasteiger partial charge in [-0.2, -0.15) is 0 Å². The minimum Gasteiger partial charge on any atom is -0.355 e. The fourth-order valence-electron chi connectivity index (χ4n) is 2.92. The number of rotatable bonds is 6. The molecule has 0 radical (unpaired) electrons. The van der Waals surface area contributed by atoms with Gasteiger partial charge in [-0.3, -0.25) is 9.59 Å². The van der Waals surface area contributed by atoms with Crippen LogP contribution in [0.15, 0.2) is 48.8 Å². The lowest BCUT2D eigenvalue weighted by molar-refractivity contribution is -0.131. The highest BCUT2D eigenvalue weighted by Gasteiger charge is 2.22. The van der Waals surface area contributed by atoms with Crippen molar-refractivity contribution in [3.8, 4) is 0 Å². The normalized spacial score (nSPS) is 14.2. The monoisotopic (exact) mass is 353 g/mol. The van der Waals surface area contributed by atoms with Crippen molar-refractivity contribution in [1.82, 2.24) is 20.2 Å². The van der Waals surface area contributed by atoms with Gasteiger partial charge in [0.1, 0.15) is 0 Å². The summed E-state index contributed by atoms with van der Waals surface area (Å²) >= 11 is 0. The van der Waals surface area contributed by atoms with Crippen molar-refractivity contribution in [1.29, 1.82) is 0 Å². The maximum absolute atomic E-state index is 12.3. The molecule has 136 valence electrons. The number of carbonyl (C=O) groups is 2. The van der Waals surface area contributed by atoms with Gasteiger partial charge in [0.15, 0.2) is 0 Å². The lowest BCUT2D eigenvalue weighted by Gasteiger charge is -2.34. The lowest BCUT2D eigenvalue weighted by Crippen LogP contribution is -2.49. The summed E-state index contributed by atoms with van der Waals surface area (Å²) in [5, 5.41) is 2.82. The molecule has 7 nitrogen and oxygen atoms in total. The molecule has 0 atom stereocenters. The molecule has 2 aromatic rings. The summed E-state index contributed by atoms with van der Waals surface area (Å²) in [5.74, 6) is 0.710. The van der Waals surface area contributed by atoms with E-state index >= 15 is 0 Å². The molecule has 0 spiro atoms. The SMILES string of the molecule is O=C(Cc1ccccc1)NCCC(=O)N1CCN(c2ncccn2)CC1. The Morgan fingerprint density at radius 3 is 2.35 bits per heavy atom. The second kappa shape index (κ2) is 8.94. The molecule has 3 rings (SSSR count). The summed E-state index contributed by atoms with van der Waals surface area (Å²) < 4.78 is 0. The molecule has 2 heterocycles. The zero-order chi connectivity index (χ0) is 18.2. The van der Waals surface area contributed by atoms with Crippen LogP contribution in [0.2, 0.25) is 0 Å². The van der Waals surface area contributed by atoms with Crippen LogP contribution in [0.4, 0.5) is 5.95 Å². The number of amides is 2. The maximum Gasteiger partial charge on any atom is 0.225 e. The average molecular weight is 353 g/mol. The second-order valence-corrected chi connectivity index (χ2v) is 6.18. The van der Waals surface area contributed by atoms with Gasteiger partial charge in [-0.15, -0.1) is 0 Å². The van der Waals surface area contributed by atoms with E-state index in [1.54, 1.807) is 18.5 Å². The van der Waals surface area contributed by atoms with Crippen LogP contribution in [0, 0.1) is 0 Å². The second-order valence-electron chi connectivity index (χ2n) is 6.18. The standard InChI is InChI=1S/C19H23N5O2/c25-17(15-16-5-2-1-3-6-16)20-10-7-18(26)23-11-13-24(14-12-23)19-21-8-4-9-22-19/h1-6,8-9H,7,10-15H2,(H,20,25). The van der Waals surface area contributed by atoms with Crippen molar-refractivity contribution in [2.45, 2.75) is 12.8 Å². The molecule has 0 saturated carbocycles. The first-order chi connectivity index (χ1) is 12.7. The highest BCUT2D eigenvalue weighted by Crippen LogP contribution is 2.10. The molecule has 1 aliphatic heterocycles. The van der Waals surface area contributed by atoms with Gasteiger partial charge in [0.2, 0.25) is 17.8 Å². The van der Waals surface area contributed by atoms with E-state index in [1.165, 1.54) is 0 Å². The maximum atomic E-state index is 12.3. The molecule has 1 aromatic carbocycles. The van der Waals surface area contributed by atoms with E-state index in [9.17, 15) is 9.59 Å². The quantitative estimate of drug-likeness (QED) is 0.834. The highest BCUT2D eigenvalue weighted by molar-refractivity contribution is 5.80. The molecule has 0 bridgehead atoms. The minimum absolute atomic E-state index is 0.0601. The van der Waals surface area contributed by atoms with Crippen LogP contribution < -0.4 is 10.2 Å². The van der Waals surface area contributed by atoms with Crippen molar-refractivity contribution in [2.75, 3.05) is 37.6 Å². The fraction of sp³-hybridized carbons (Fsp3) is 0.368. The number of nitrogens with one attached hydrogen (secondary N) is 1. The molecular formula is C19H23N5O2. The van der Waals surface area contributed by atoms with Gasteiger partial charge in [-0.05, 0) is 11.6 Å². The number of aromatic nitrogens is 2. The van der Waals surface area contributed by atoms with E-state index < -0.39 is 0 Å². The van der Waals surface area contributed by atoms with Crippen molar-refractivity contribution in [3.63, 3.8) is 0 Å². The Labute approximate surface area is 153 Å². The minimum atomic E-state index is -0.0601. The molecule has 1 saturated heterocycles. The first-order valence-electron chi connectivity index (χ1n) is 8.83.